The van der Waals surface area contributed by atoms with Gasteiger partial charge >= 0.3 is 6.18 Å². The van der Waals surface area contributed by atoms with Gasteiger partial charge in [-0.3, -0.25) is 0 Å². The van der Waals surface area contributed by atoms with Crippen LogP contribution < -0.4 is 4.72 Å². The Hall–Kier alpha value is -0.810. The van der Waals surface area contributed by atoms with Crippen molar-refractivity contribution in [3.8, 4) is 0 Å². The molecule has 0 unspecified atom stereocenters. The number of hydrogen-bond acceptors (Lipinski definition) is 2. The molecule has 120 valence electrons. The molecular weight excluding hydrogens is 392 g/mol. The first kappa shape index (κ1) is 18.2. The summed E-state index contributed by atoms with van der Waals surface area (Å²) < 4.78 is 100. The van der Waals surface area contributed by atoms with Gasteiger partial charge in [0.05, 0.1) is 5.56 Å². The Bertz CT molecular complexity index is 631. The van der Waals surface area contributed by atoms with E-state index in [9.17, 15) is 34.8 Å². The van der Waals surface area contributed by atoms with Gasteiger partial charge in [-0.25, -0.2) is 21.6 Å². The Kier molecular flexibility index (Phi) is 5.32. The minimum atomic E-state index is -4.95. The minimum Gasteiger partial charge on any atom is -0.207 e. The molecule has 11 heteroatoms. The fraction of sp³-hybridized carbons (Fsp3) is 0.400. The smallest absolute Gasteiger partial charge is 0.207 e. The topological polar surface area (TPSA) is 46.2 Å². The summed E-state index contributed by atoms with van der Waals surface area (Å²) in [5.41, 5.74) is -1.24. The third kappa shape index (κ3) is 4.10. The van der Waals surface area contributed by atoms with Crippen molar-refractivity contribution >= 4 is 26.0 Å². The average molecular weight is 400 g/mol. The Labute approximate surface area is 124 Å². The molecule has 1 N–H and O–H groups in total. The molecule has 1 aromatic rings. The maximum absolute atomic E-state index is 13.8. The van der Waals surface area contributed by atoms with E-state index < -0.39 is 49.4 Å². The van der Waals surface area contributed by atoms with Crippen molar-refractivity contribution in [2.75, 3.05) is 0 Å². The van der Waals surface area contributed by atoms with E-state index in [-0.39, 0.29) is 0 Å². The second-order valence-corrected chi connectivity index (χ2v) is 6.50. The molecule has 0 amide bonds. The number of nitrogens with one attached hydrogen (secondary N) is 1. The van der Waals surface area contributed by atoms with E-state index in [4.69, 9.17) is 0 Å². The van der Waals surface area contributed by atoms with Crippen LogP contribution in [0.2, 0.25) is 0 Å². The first-order valence-electron chi connectivity index (χ1n) is 5.23. The van der Waals surface area contributed by atoms with Gasteiger partial charge < -0.3 is 0 Å². The van der Waals surface area contributed by atoms with Gasteiger partial charge in [0.2, 0.25) is 10.0 Å². The van der Waals surface area contributed by atoms with Crippen molar-refractivity contribution in [1.82, 2.24) is 4.72 Å². The van der Waals surface area contributed by atoms with E-state index in [0.717, 1.165) is 6.07 Å². The molecule has 0 aliphatic rings. The van der Waals surface area contributed by atoms with Gasteiger partial charge in [-0.15, -0.1) is 0 Å². The molecule has 0 aromatic heterocycles. The molecule has 0 heterocycles. The van der Waals surface area contributed by atoms with E-state index in [2.05, 4.69) is 15.9 Å². The molecule has 0 saturated heterocycles. The predicted octanol–water partition coefficient (Wildman–Crippen LogP) is 3.75. The van der Waals surface area contributed by atoms with Gasteiger partial charge in [-0.1, -0.05) is 15.9 Å². The van der Waals surface area contributed by atoms with Gasteiger partial charge in [-0.05, 0) is 19.1 Å². The van der Waals surface area contributed by atoms with Gasteiger partial charge in [0.25, 0.3) is 6.43 Å². The van der Waals surface area contributed by atoms with Crippen LogP contribution in [-0.2, 0) is 10.0 Å². The molecule has 0 spiro atoms. The van der Waals surface area contributed by atoms with Crippen molar-refractivity contribution < 1.29 is 34.8 Å². The highest BCUT2D eigenvalue weighted by atomic mass is 79.9. The Morgan fingerprint density at radius 1 is 1.24 bits per heavy atom. The van der Waals surface area contributed by atoms with Crippen LogP contribution in [0.5, 0.6) is 0 Å². The number of sulfonamides is 1. The lowest BCUT2D eigenvalue weighted by molar-refractivity contribution is -0.147. The molecule has 0 aliphatic carbocycles. The Morgan fingerprint density at radius 3 is 2.19 bits per heavy atom. The van der Waals surface area contributed by atoms with Gasteiger partial charge in [-0.2, -0.15) is 17.9 Å². The summed E-state index contributed by atoms with van der Waals surface area (Å²) in [5, 5.41) is 0. The fourth-order valence-electron chi connectivity index (χ4n) is 1.32. The van der Waals surface area contributed by atoms with Gasteiger partial charge in [0.15, 0.2) is 5.82 Å². The highest BCUT2D eigenvalue weighted by molar-refractivity contribution is 9.10. The van der Waals surface area contributed by atoms with Crippen molar-refractivity contribution in [2.45, 2.75) is 30.5 Å². The minimum absolute atomic E-state index is 0.391. The summed E-state index contributed by atoms with van der Waals surface area (Å²) in [7, 11) is -4.95. The number of hydrogen-bond donors (Lipinski definition) is 1. The summed E-state index contributed by atoms with van der Waals surface area (Å²) in [6.07, 6.45) is -8.24. The molecule has 1 rings (SSSR count). The standard InChI is InChI=1S/C10H8BrF6NO2S/c1-4(10(15,16)17)18-21(19,20)6-3-2-5(11)7(8(6)12)9(13)14/h2-4,9,18H,1H3/t4-/m0/s1. The first-order valence-corrected chi connectivity index (χ1v) is 7.50. The van der Waals surface area contributed by atoms with Crippen molar-refractivity contribution in [3.05, 3.63) is 28.0 Å². The summed E-state index contributed by atoms with van der Waals surface area (Å²) in [6, 6.07) is -1.09. The zero-order valence-electron chi connectivity index (χ0n) is 10.2. The van der Waals surface area contributed by atoms with E-state index in [1.165, 1.54) is 4.72 Å². The van der Waals surface area contributed by atoms with Crippen LogP contribution in [0.15, 0.2) is 21.5 Å². The number of rotatable bonds is 4. The summed E-state index contributed by atoms with van der Waals surface area (Å²) in [5.74, 6) is -1.80. The number of halogens is 7. The molecule has 0 fully saturated rings. The van der Waals surface area contributed by atoms with E-state index in [1.807, 2.05) is 0 Å². The SMILES string of the molecule is C[C@H](NS(=O)(=O)c1ccc(Br)c(C(F)F)c1F)C(F)(F)F. The molecule has 1 atom stereocenters. The van der Waals surface area contributed by atoms with Crippen LogP contribution in [0.4, 0.5) is 26.3 Å². The molecule has 0 bridgehead atoms. The van der Waals surface area contributed by atoms with Crippen molar-refractivity contribution in [1.29, 1.82) is 0 Å². The quantitative estimate of drug-likeness (QED) is 0.783. The lowest BCUT2D eigenvalue weighted by atomic mass is 10.2. The second-order valence-electron chi connectivity index (χ2n) is 3.96. The van der Waals surface area contributed by atoms with Gasteiger partial charge in [0, 0.05) is 4.47 Å². The molecule has 0 saturated carbocycles. The first-order chi connectivity index (χ1) is 9.38. The van der Waals surface area contributed by atoms with Gasteiger partial charge in [0.1, 0.15) is 10.9 Å². The van der Waals surface area contributed by atoms with Crippen LogP contribution in [0, 0.1) is 5.82 Å². The molecule has 0 radical (unpaired) electrons. The van der Waals surface area contributed by atoms with Crippen LogP contribution in [-0.4, -0.2) is 20.6 Å². The monoisotopic (exact) mass is 399 g/mol. The fourth-order valence-corrected chi connectivity index (χ4v) is 3.12. The lowest BCUT2D eigenvalue weighted by Crippen LogP contribution is -2.43. The average Bonchev–Trinajstić information content (AvgIpc) is 2.25. The summed E-state index contributed by atoms with van der Waals surface area (Å²) >= 11 is 2.62. The van der Waals surface area contributed by atoms with Crippen LogP contribution in [0.25, 0.3) is 0 Å². The van der Waals surface area contributed by atoms with E-state index in [0.29, 0.717) is 13.0 Å². The molecule has 1 aromatic carbocycles. The summed E-state index contributed by atoms with van der Waals surface area (Å²) in [4.78, 5) is -1.28. The highest BCUT2D eigenvalue weighted by Crippen LogP contribution is 2.33. The van der Waals surface area contributed by atoms with Crippen molar-refractivity contribution in [3.63, 3.8) is 0 Å². The van der Waals surface area contributed by atoms with Crippen LogP contribution >= 0.6 is 15.9 Å². The third-order valence-electron chi connectivity index (χ3n) is 2.42. The zero-order chi connectivity index (χ0) is 16.6. The third-order valence-corrected chi connectivity index (χ3v) is 4.67. The van der Waals surface area contributed by atoms with Crippen LogP contribution in [0.3, 0.4) is 0 Å². The highest BCUT2D eigenvalue weighted by Gasteiger charge is 2.39. The Morgan fingerprint density at radius 2 is 1.76 bits per heavy atom. The van der Waals surface area contributed by atoms with E-state index >= 15 is 0 Å². The number of alkyl halides is 5. The maximum Gasteiger partial charge on any atom is 0.404 e. The normalized spacial score (nSPS) is 14.5. The molecule has 0 aliphatic heterocycles. The van der Waals surface area contributed by atoms with E-state index in [1.54, 1.807) is 0 Å². The second kappa shape index (κ2) is 6.13. The maximum atomic E-state index is 13.8. The molecule has 3 nitrogen and oxygen atoms in total. The Balaban J connectivity index is 3.31. The zero-order valence-corrected chi connectivity index (χ0v) is 12.6. The predicted molar refractivity (Wildman–Crippen MR) is 64.9 cm³/mol. The molecular formula is C10H8BrF6NO2S. The summed E-state index contributed by atoms with van der Waals surface area (Å²) in [6.45, 7) is 0.502. The number of benzene rings is 1. The van der Waals surface area contributed by atoms with Crippen molar-refractivity contribution in [2.24, 2.45) is 0 Å². The lowest BCUT2D eigenvalue weighted by Gasteiger charge is -2.18. The molecule has 21 heavy (non-hydrogen) atoms. The largest absolute Gasteiger partial charge is 0.404 e. The van der Waals surface area contributed by atoms with Crippen LogP contribution in [0.1, 0.15) is 18.9 Å².